The van der Waals surface area contributed by atoms with Crippen molar-refractivity contribution in [2.24, 2.45) is 12.2 Å². The number of benzene rings is 1. The Hall–Kier alpha value is -2.00. The van der Waals surface area contributed by atoms with E-state index in [1.165, 1.54) is 0 Å². The van der Waals surface area contributed by atoms with Crippen molar-refractivity contribution < 1.29 is 0 Å². The first-order valence-corrected chi connectivity index (χ1v) is 4.64. The molecule has 0 amide bonds. The van der Waals surface area contributed by atoms with Crippen LogP contribution in [0.5, 0.6) is 0 Å². The standard InChI is InChI=1S/C10H12N5/c1-6-4-8(13-14-11)5-9-10(6)15(3)7(2)12-9/h4-5,11H,1-3H3/q+1. The monoisotopic (exact) mass is 202 g/mol. The van der Waals surface area contributed by atoms with Crippen LogP contribution in [0.25, 0.3) is 11.0 Å². The molecular formula is C10H12N5+. The minimum absolute atomic E-state index is 0.674. The van der Waals surface area contributed by atoms with E-state index in [-0.39, 0.29) is 0 Å². The smallest absolute Gasteiger partial charge is 0.220 e. The second-order valence-electron chi connectivity index (χ2n) is 3.55. The zero-order chi connectivity index (χ0) is 11.0. The third kappa shape index (κ3) is 1.43. The highest BCUT2D eigenvalue weighted by Gasteiger charge is 2.09. The number of nitrogens with one attached hydrogen (secondary N) is 1. The summed E-state index contributed by atoms with van der Waals surface area (Å²) in [5.41, 5.74) is 10.5. The Morgan fingerprint density at radius 2 is 2.13 bits per heavy atom. The molecule has 0 bridgehead atoms. The van der Waals surface area contributed by atoms with Crippen molar-refractivity contribution >= 4 is 16.7 Å². The molecule has 0 fully saturated rings. The van der Waals surface area contributed by atoms with Crippen molar-refractivity contribution in [3.05, 3.63) is 23.5 Å². The fourth-order valence-corrected chi connectivity index (χ4v) is 1.79. The number of aryl methyl sites for hydroxylation is 3. The quantitative estimate of drug-likeness (QED) is 0.559. The maximum absolute atomic E-state index is 6.70. The number of aromatic nitrogens is 2. The van der Waals surface area contributed by atoms with Gasteiger partial charge in [0.15, 0.2) is 10.8 Å². The molecule has 0 saturated carbocycles. The number of hydrogen-bond donors (Lipinski definition) is 1. The van der Waals surface area contributed by atoms with Crippen LogP contribution in [0.15, 0.2) is 17.2 Å². The summed E-state index contributed by atoms with van der Waals surface area (Å²) in [6.45, 7) is 3.97. The van der Waals surface area contributed by atoms with E-state index in [9.17, 15) is 0 Å². The molecule has 5 nitrogen and oxygen atoms in total. The maximum atomic E-state index is 6.70. The fourth-order valence-electron chi connectivity index (χ4n) is 1.79. The molecule has 0 aliphatic rings. The van der Waals surface area contributed by atoms with E-state index in [4.69, 9.17) is 5.53 Å². The van der Waals surface area contributed by atoms with Crippen LogP contribution in [-0.2, 0) is 7.05 Å². The Bertz CT molecular complexity index is 575. The van der Waals surface area contributed by atoms with Crippen molar-refractivity contribution in [1.82, 2.24) is 14.5 Å². The van der Waals surface area contributed by atoms with Crippen LogP contribution in [0.3, 0.4) is 0 Å². The van der Waals surface area contributed by atoms with Crippen LogP contribution >= 0.6 is 0 Å². The maximum Gasteiger partial charge on any atom is 0.220 e. The van der Waals surface area contributed by atoms with Crippen LogP contribution < -0.4 is 4.91 Å². The highest BCUT2D eigenvalue weighted by atomic mass is 15.1. The van der Waals surface area contributed by atoms with Crippen LogP contribution in [0.1, 0.15) is 11.4 Å². The molecule has 15 heavy (non-hydrogen) atoms. The van der Waals surface area contributed by atoms with Crippen LogP contribution in [0, 0.1) is 19.4 Å². The number of fused-ring (bicyclic) bond motifs is 1. The predicted molar refractivity (Wildman–Crippen MR) is 57.1 cm³/mol. The lowest BCUT2D eigenvalue weighted by atomic mass is 10.2. The van der Waals surface area contributed by atoms with E-state index < -0.39 is 0 Å². The van der Waals surface area contributed by atoms with Crippen molar-refractivity contribution in [3.8, 4) is 0 Å². The molecule has 0 spiro atoms. The van der Waals surface area contributed by atoms with E-state index in [2.05, 4.69) is 15.0 Å². The van der Waals surface area contributed by atoms with Crippen LogP contribution in [0.4, 0.5) is 5.69 Å². The van der Waals surface area contributed by atoms with Crippen molar-refractivity contribution in [1.29, 1.82) is 5.53 Å². The average molecular weight is 202 g/mol. The van der Waals surface area contributed by atoms with Gasteiger partial charge in [0.1, 0.15) is 11.4 Å². The van der Waals surface area contributed by atoms with Crippen LogP contribution in [-0.4, -0.2) is 9.55 Å². The van der Waals surface area contributed by atoms with Crippen molar-refractivity contribution in [2.45, 2.75) is 13.8 Å². The SMILES string of the molecule is Cc1cc(N=[N+]=N)cc2nc(C)n(C)c12. The molecule has 0 aliphatic heterocycles. The first kappa shape index (κ1) is 9.55. The molecule has 0 saturated heterocycles. The van der Waals surface area contributed by atoms with Gasteiger partial charge in [-0.2, -0.15) is 0 Å². The summed E-state index contributed by atoms with van der Waals surface area (Å²) >= 11 is 0. The fraction of sp³-hybridized carbons (Fsp3) is 0.300. The lowest BCUT2D eigenvalue weighted by Gasteiger charge is -1.99. The zero-order valence-corrected chi connectivity index (χ0v) is 8.94. The van der Waals surface area contributed by atoms with Gasteiger partial charge in [-0.25, -0.2) is 4.98 Å². The molecule has 1 heterocycles. The van der Waals surface area contributed by atoms with Crippen LogP contribution in [0.2, 0.25) is 0 Å². The van der Waals surface area contributed by atoms with Crippen molar-refractivity contribution in [3.63, 3.8) is 0 Å². The molecule has 2 rings (SSSR count). The third-order valence-corrected chi connectivity index (χ3v) is 2.53. The third-order valence-electron chi connectivity index (χ3n) is 2.53. The van der Waals surface area contributed by atoms with Gasteiger partial charge in [-0.3, -0.25) is 0 Å². The van der Waals surface area contributed by atoms with E-state index >= 15 is 0 Å². The lowest BCUT2D eigenvalue weighted by Crippen LogP contribution is -1.91. The van der Waals surface area contributed by atoms with Gasteiger partial charge in [-0.05, 0) is 31.5 Å². The van der Waals surface area contributed by atoms with Gasteiger partial charge in [0.25, 0.3) is 0 Å². The molecule has 0 unspecified atom stereocenters. The average Bonchev–Trinajstić information content (AvgIpc) is 2.43. The number of rotatable bonds is 1. The molecule has 1 N–H and O–H groups in total. The molecule has 76 valence electrons. The number of imidazole rings is 1. The van der Waals surface area contributed by atoms with E-state index in [0.29, 0.717) is 5.69 Å². The Morgan fingerprint density at radius 3 is 2.80 bits per heavy atom. The van der Waals surface area contributed by atoms with Gasteiger partial charge in [0.2, 0.25) is 4.91 Å². The van der Waals surface area contributed by atoms with Gasteiger partial charge in [0, 0.05) is 7.05 Å². The molecule has 2 aromatic rings. The van der Waals surface area contributed by atoms with Gasteiger partial charge in [-0.1, -0.05) is 0 Å². The summed E-state index contributed by atoms with van der Waals surface area (Å²) in [6.07, 6.45) is 0. The lowest BCUT2D eigenvalue weighted by molar-refractivity contribution is 0.883. The number of hydrogen-bond acceptors (Lipinski definition) is 3. The Labute approximate surface area is 87.0 Å². The zero-order valence-electron chi connectivity index (χ0n) is 8.94. The molecule has 0 radical (unpaired) electrons. The summed E-state index contributed by atoms with van der Waals surface area (Å²) in [5, 5.41) is 3.70. The summed E-state index contributed by atoms with van der Waals surface area (Å²) in [6, 6.07) is 3.74. The summed E-state index contributed by atoms with van der Waals surface area (Å²) in [4.78, 5) is 7.44. The van der Waals surface area contributed by atoms with Gasteiger partial charge in [0.05, 0.1) is 11.0 Å². The Kier molecular flexibility index (Phi) is 2.10. The summed E-state index contributed by atoms with van der Waals surface area (Å²) in [7, 11) is 1.99. The molecule has 1 aromatic carbocycles. The molecule has 0 atom stereocenters. The van der Waals surface area contributed by atoms with E-state index in [1.807, 2.05) is 37.6 Å². The molecule has 5 heteroatoms. The topological polar surface area (TPSA) is 68.1 Å². The van der Waals surface area contributed by atoms with E-state index in [1.54, 1.807) is 0 Å². The van der Waals surface area contributed by atoms with Gasteiger partial charge >= 0.3 is 0 Å². The molecule has 0 aliphatic carbocycles. The normalized spacial score (nSPS) is 10.3. The Balaban J connectivity index is 2.83. The minimum Gasteiger partial charge on any atom is -0.331 e. The first-order chi connectivity index (χ1) is 7.13. The molecular weight excluding hydrogens is 190 g/mol. The highest BCUT2D eigenvalue weighted by molar-refractivity contribution is 5.82. The summed E-state index contributed by atoms with van der Waals surface area (Å²) in [5.74, 6) is 0.966. The van der Waals surface area contributed by atoms with Gasteiger partial charge in [-0.15, -0.1) is 0 Å². The summed E-state index contributed by atoms with van der Waals surface area (Å²) < 4.78 is 2.05. The minimum atomic E-state index is 0.674. The first-order valence-electron chi connectivity index (χ1n) is 4.64. The van der Waals surface area contributed by atoms with E-state index in [0.717, 1.165) is 22.4 Å². The Morgan fingerprint density at radius 1 is 1.40 bits per heavy atom. The van der Waals surface area contributed by atoms with Gasteiger partial charge < -0.3 is 4.57 Å². The highest BCUT2D eigenvalue weighted by Crippen LogP contribution is 2.24. The molecule has 1 aromatic heterocycles. The second-order valence-corrected chi connectivity index (χ2v) is 3.55. The van der Waals surface area contributed by atoms with Crippen molar-refractivity contribution in [2.75, 3.05) is 0 Å². The predicted octanol–water partition coefficient (Wildman–Crippen LogP) is 2.37. The number of nitrogens with zero attached hydrogens (tertiary/aromatic N) is 4. The second kappa shape index (κ2) is 3.29. The largest absolute Gasteiger partial charge is 0.331 e.